The normalized spacial score (nSPS) is 18.0. The largest absolute Gasteiger partial charge is 0.348 e. The zero-order valence-corrected chi connectivity index (χ0v) is 21.6. The molecule has 1 saturated heterocycles. The molecule has 3 aromatic rings. The van der Waals surface area contributed by atoms with E-state index < -0.39 is 23.7 Å². The lowest BCUT2D eigenvalue weighted by molar-refractivity contribution is -0.197. The Labute approximate surface area is 218 Å². The van der Waals surface area contributed by atoms with E-state index >= 15 is 4.39 Å². The SMILES string of the molecule is CC=CC1COC(c2ccc(-c3ccc(-c4ccc(CCCCCCC)c(F)c4F)cc3)c(F)c2)OC1. The van der Waals surface area contributed by atoms with Crippen LogP contribution in [0.5, 0.6) is 0 Å². The van der Waals surface area contributed by atoms with Crippen LogP contribution in [0.3, 0.4) is 0 Å². The Bertz CT molecular complexity index is 1200. The molecule has 0 saturated carbocycles. The van der Waals surface area contributed by atoms with Crippen molar-refractivity contribution in [2.75, 3.05) is 13.2 Å². The molecule has 2 nitrogen and oxygen atoms in total. The van der Waals surface area contributed by atoms with Crippen LogP contribution >= 0.6 is 0 Å². The van der Waals surface area contributed by atoms with Crippen molar-refractivity contribution in [3.05, 3.63) is 95.3 Å². The van der Waals surface area contributed by atoms with Crippen LogP contribution in [0.4, 0.5) is 13.2 Å². The minimum atomic E-state index is -0.835. The van der Waals surface area contributed by atoms with Crippen molar-refractivity contribution in [1.82, 2.24) is 0 Å². The van der Waals surface area contributed by atoms with Gasteiger partial charge in [0.1, 0.15) is 5.82 Å². The van der Waals surface area contributed by atoms with Gasteiger partial charge < -0.3 is 9.47 Å². The van der Waals surface area contributed by atoms with E-state index in [0.717, 1.165) is 25.7 Å². The van der Waals surface area contributed by atoms with Crippen molar-refractivity contribution in [2.45, 2.75) is 58.7 Å². The zero-order valence-electron chi connectivity index (χ0n) is 21.6. The van der Waals surface area contributed by atoms with Crippen LogP contribution in [0, 0.1) is 23.4 Å². The maximum Gasteiger partial charge on any atom is 0.183 e. The average molecular weight is 509 g/mol. The average Bonchev–Trinajstić information content (AvgIpc) is 2.92. The highest BCUT2D eigenvalue weighted by atomic mass is 19.2. The lowest BCUT2D eigenvalue weighted by atomic mass is 9.97. The number of halogens is 3. The Morgan fingerprint density at radius 1 is 0.784 bits per heavy atom. The summed E-state index contributed by atoms with van der Waals surface area (Å²) in [6.45, 7) is 5.15. The highest BCUT2D eigenvalue weighted by molar-refractivity contribution is 5.71. The topological polar surface area (TPSA) is 18.5 Å². The number of rotatable bonds is 10. The summed E-state index contributed by atoms with van der Waals surface area (Å²) < 4.78 is 56.1. The molecule has 0 spiro atoms. The molecule has 0 atom stereocenters. The molecule has 5 heteroatoms. The van der Waals surface area contributed by atoms with Crippen LogP contribution in [-0.4, -0.2) is 13.2 Å². The quantitative estimate of drug-likeness (QED) is 0.201. The van der Waals surface area contributed by atoms with Gasteiger partial charge in [0, 0.05) is 22.6 Å². The van der Waals surface area contributed by atoms with Crippen molar-refractivity contribution < 1.29 is 22.6 Å². The Hall–Kier alpha value is -2.89. The molecule has 4 rings (SSSR count). The van der Waals surface area contributed by atoms with Crippen LogP contribution in [0.25, 0.3) is 22.3 Å². The van der Waals surface area contributed by atoms with Crippen LogP contribution in [0.2, 0.25) is 0 Å². The Balaban J connectivity index is 1.44. The third-order valence-electron chi connectivity index (χ3n) is 6.87. The van der Waals surface area contributed by atoms with Crippen LogP contribution in [0.15, 0.2) is 66.7 Å². The van der Waals surface area contributed by atoms with Crippen molar-refractivity contribution in [2.24, 2.45) is 5.92 Å². The Kier molecular flexibility index (Phi) is 9.59. The molecule has 0 aliphatic carbocycles. The van der Waals surface area contributed by atoms with Gasteiger partial charge in [-0.05, 0) is 42.5 Å². The summed E-state index contributed by atoms with van der Waals surface area (Å²) in [4.78, 5) is 0. The number of ether oxygens (including phenoxy) is 2. The highest BCUT2D eigenvalue weighted by Crippen LogP contribution is 2.32. The van der Waals surface area contributed by atoms with E-state index in [0.29, 0.717) is 47.5 Å². The first-order valence-electron chi connectivity index (χ1n) is 13.2. The summed E-state index contributed by atoms with van der Waals surface area (Å²) in [6.07, 6.45) is 9.25. The summed E-state index contributed by atoms with van der Waals surface area (Å²) in [5, 5.41) is 0. The molecule has 1 heterocycles. The number of allylic oxidation sites excluding steroid dienone is 1. The molecular formula is C32H35F3O2. The summed E-state index contributed by atoms with van der Waals surface area (Å²) in [7, 11) is 0. The molecule has 0 N–H and O–H groups in total. The van der Waals surface area contributed by atoms with E-state index in [1.807, 2.05) is 19.1 Å². The number of hydrogen-bond donors (Lipinski definition) is 0. The zero-order chi connectivity index (χ0) is 26.2. The van der Waals surface area contributed by atoms with Gasteiger partial charge in [-0.2, -0.15) is 0 Å². The predicted molar refractivity (Wildman–Crippen MR) is 143 cm³/mol. The van der Waals surface area contributed by atoms with Gasteiger partial charge in [-0.25, -0.2) is 13.2 Å². The monoisotopic (exact) mass is 508 g/mol. The second kappa shape index (κ2) is 13.1. The Morgan fingerprint density at radius 2 is 1.43 bits per heavy atom. The van der Waals surface area contributed by atoms with Gasteiger partial charge in [0.15, 0.2) is 17.9 Å². The van der Waals surface area contributed by atoms with E-state index in [-0.39, 0.29) is 11.5 Å². The standard InChI is InChI=1S/C32H35F3O2/c1-3-5-6-7-8-10-25-15-18-28(31(35)30(25)34)24-13-11-23(12-14-24)27-17-16-26(19-29(27)33)32-36-20-22(9-4-2)21-37-32/h4,9,11-19,22,32H,3,5-8,10,20-21H2,1-2H3. The molecule has 0 unspecified atom stereocenters. The number of unbranched alkanes of at least 4 members (excludes halogenated alkanes) is 4. The van der Waals surface area contributed by atoms with Gasteiger partial charge >= 0.3 is 0 Å². The van der Waals surface area contributed by atoms with Gasteiger partial charge in [-0.3, -0.25) is 0 Å². The molecule has 196 valence electrons. The summed E-state index contributed by atoms with van der Waals surface area (Å²) in [5.41, 5.74) is 2.86. The summed E-state index contributed by atoms with van der Waals surface area (Å²) in [6, 6.07) is 15.1. The fourth-order valence-electron chi connectivity index (χ4n) is 4.76. The molecular weight excluding hydrogens is 473 g/mol. The van der Waals surface area contributed by atoms with Crippen LogP contribution < -0.4 is 0 Å². The van der Waals surface area contributed by atoms with Gasteiger partial charge in [0.05, 0.1) is 13.2 Å². The van der Waals surface area contributed by atoms with Crippen molar-refractivity contribution in [3.63, 3.8) is 0 Å². The molecule has 1 fully saturated rings. The molecule has 0 aromatic heterocycles. The minimum absolute atomic E-state index is 0.203. The van der Waals surface area contributed by atoms with Crippen molar-refractivity contribution >= 4 is 0 Å². The first-order valence-corrected chi connectivity index (χ1v) is 13.2. The predicted octanol–water partition coefficient (Wildman–Crippen LogP) is 9.19. The number of hydrogen-bond acceptors (Lipinski definition) is 2. The molecule has 1 aliphatic heterocycles. The van der Waals surface area contributed by atoms with Gasteiger partial charge in [0.25, 0.3) is 0 Å². The fraction of sp³-hybridized carbons (Fsp3) is 0.375. The van der Waals surface area contributed by atoms with Gasteiger partial charge in [-0.15, -0.1) is 0 Å². The van der Waals surface area contributed by atoms with Crippen LogP contribution in [-0.2, 0) is 15.9 Å². The van der Waals surface area contributed by atoms with E-state index in [1.165, 1.54) is 12.5 Å². The number of benzene rings is 3. The molecule has 0 radical (unpaired) electrons. The van der Waals surface area contributed by atoms with E-state index in [1.54, 1.807) is 48.5 Å². The lowest BCUT2D eigenvalue weighted by Crippen LogP contribution is -2.25. The Morgan fingerprint density at radius 3 is 2.08 bits per heavy atom. The van der Waals surface area contributed by atoms with Crippen molar-refractivity contribution in [1.29, 1.82) is 0 Å². The third-order valence-corrected chi connectivity index (χ3v) is 6.87. The third kappa shape index (κ3) is 6.71. The van der Waals surface area contributed by atoms with E-state index in [2.05, 4.69) is 6.92 Å². The number of aryl methyl sites for hydroxylation is 1. The summed E-state index contributed by atoms with van der Waals surface area (Å²) >= 11 is 0. The first kappa shape index (κ1) is 27.2. The maximum atomic E-state index is 15.0. The second-order valence-corrected chi connectivity index (χ2v) is 9.67. The van der Waals surface area contributed by atoms with E-state index in [9.17, 15) is 8.78 Å². The van der Waals surface area contributed by atoms with Crippen molar-refractivity contribution in [3.8, 4) is 22.3 Å². The fourth-order valence-corrected chi connectivity index (χ4v) is 4.76. The van der Waals surface area contributed by atoms with Gasteiger partial charge in [0.2, 0.25) is 0 Å². The molecule has 3 aromatic carbocycles. The summed E-state index contributed by atoms with van der Waals surface area (Å²) in [5.74, 6) is -1.80. The lowest BCUT2D eigenvalue weighted by Gasteiger charge is -2.28. The molecule has 0 amide bonds. The van der Waals surface area contributed by atoms with Crippen LogP contribution in [0.1, 0.15) is 63.4 Å². The van der Waals surface area contributed by atoms with E-state index in [4.69, 9.17) is 9.47 Å². The first-order chi connectivity index (χ1) is 18.0. The minimum Gasteiger partial charge on any atom is -0.348 e. The molecule has 0 bridgehead atoms. The second-order valence-electron chi connectivity index (χ2n) is 9.67. The highest BCUT2D eigenvalue weighted by Gasteiger charge is 2.23. The maximum absolute atomic E-state index is 15.0. The molecule has 37 heavy (non-hydrogen) atoms. The smallest absolute Gasteiger partial charge is 0.183 e. The molecule has 1 aliphatic rings. The van der Waals surface area contributed by atoms with Gasteiger partial charge in [-0.1, -0.05) is 93.3 Å².